The SMILES string of the molecule is CC1=CN(Cc2ccc(F)cc2Cl)NC1Cc1ccccc1CN1CCOCC1. The molecule has 2 aromatic rings. The molecule has 1 atom stereocenters. The second kappa shape index (κ2) is 9.26. The van der Waals surface area contributed by atoms with Gasteiger partial charge in [0.15, 0.2) is 0 Å². The van der Waals surface area contributed by atoms with Gasteiger partial charge in [-0.15, -0.1) is 0 Å². The Labute approximate surface area is 176 Å². The van der Waals surface area contributed by atoms with Crippen molar-refractivity contribution in [3.05, 3.63) is 81.8 Å². The summed E-state index contributed by atoms with van der Waals surface area (Å²) in [6, 6.07) is 13.5. The van der Waals surface area contributed by atoms with Gasteiger partial charge >= 0.3 is 0 Å². The predicted octanol–water partition coefficient (Wildman–Crippen LogP) is 4.15. The third kappa shape index (κ3) is 5.17. The Morgan fingerprint density at radius 1 is 1.07 bits per heavy atom. The van der Waals surface area contributed by atoms with E-state index in [2.05, 4.69) is 47.7 Å². The molecule has 1 N–H and O–H groups in total. The maximum atomic E-state index is 13.3. The molecule has 154 valence electrons. The Kier molecular flexibility index (Phi) is 6.50. The quantitative estimate of drug-likeness (QED) is 0.767. The molecule has 1 unspecified atom stereocenters. The number of halogens is 2. The summed E-state index contributed by atoms with van der Waals surface area (Å²) in [5, 5.41) is 2.50. The van der Waals surface area contributed by atoms with E-state index < -0.39 is 0 Å². The Bertz CT molecular complexity index is 882. The number of hydrogen-bond donors (Lipinski definition) is 1. The Balaban J connectivity index is 1.41. The van der Waals surface area contributed by atoms with Crippen LogP contribution in [0.4, 0.5) is 4.39 Å². The first kappa shape index (κ1) is 20.4. The van der Waals surface area contributed by atoms with E-state index in [9.17, 15) is 4.39 Å². The Morgan fingerprint density at radius 2 is 1.83 bits per heavy atom. The molecule has 2 aliphatic heterocycles. The molecular formula is C23H27ClFN3O. The van der Waals surface area contributed by atoms with Gasteiger partial charge in [0.05, 0.1) is 25.8 Å². The number of rotatable bonds is 6. The standard InChI is InChI=1S/C23H27ClFN3O/c1-17-14-28(16-20-6-7-21(25)13-22(20)24)26-23(17)12-18-4-2-3-5-19(18)15-27-8-10-29-11-9-27/h2-7,13-14,23,26H,8-12,15-16H2,1H3. The van der Waals surface area contributed by atoms with Gasteiger partial charge in [0.1, 0.15) is 5.82 Å². The third-order valence-corrected chi connectivity index (χ3v) is 5.98. The minimum Gasteiger partial charge on any atom is -0.379 e. The average Bonchev–Trinajstić information content (AvgIpc) is 3.05. The predicted molar refractivity (Wildman–Crippen MR) is 114 cm³/mol. The highest BCUT2D eigenvalue weighted by molar-refractivity contribution is 6.31. The number of hydrogen-bond acceptors (Lipinski definition) is 4. The molecule has 0 spiro atoms. The van der Waals surface area contributed by atoms with E-state index in [0.717, 1.165) is 44.8 Å². The summed E-state index contributed by atoms with van der Waals surface area (Å²) >= 11 is 6.20. The van der Waals surface area contributed by atoms with Crippen LogP contribution in [0, 0.1) is 5.82 Å². The molecule has 0 aliphatic carbocycles. The minimum absolute atomic E-state index is 0.236. The lowest BCUT2D eigenvalue weighted by Gasteiger charge is -2.28. The first-order valence-electron chi connectivity index (χ1n) is 10.1. The lowest BCUT2D eigenvalue weighted by atomic mass is 9.97. The second-order valence-corrected chi connectivity index (χ2v) is 8.19. The molecule has 6 heteroatoms. The number of nitrogens with one attached hydrogen (secondary N) is 1. The molecule has 2 aliphatic rings. The summed E-state index contributed by atoms with van der Waals surface area (Å²) in [7, 11) is 0. The van der Waals surface area contributed by atoms with Crippen molar-refractivity contribution in [3.63, 3.8) is 0 Å². The van der Waals surface area contributed by atoms with E-state index in [1.165, 1.54) is 28.8 Å². The minimum atomic E-state index is -0.311. The lowest BCUT2D eigenvalue weighted by molar-refractivity contribution is 0.0340. The van der Waals surface area contributed by atoms with Crippen LogP contribution in [0.15, 0.2) is 54.2 Å². The van der Waals surface area contributed by atoms with Crippen LogP contribution >= 0.6 is 11.6 Å². The van der Waals surface area contributed by atoms with E-state index in [4.69, 9.17) is 16.3 Å². The highest BCUT2D eigenvalue weighted by Gasteiger charge is 2.23. The van der Waals surface area contributed by atoms with Crippen molar-refractivity contribution < 1.29 is 9.13 Å². The molecule has 0 amide bonds. The van der Waals surface area contributed by atoms with Crippen molar-refractivity contribution >= 4 is 11.6 Å². The molecule has 29 heavy (non-hydrogen) atoms. The van der Waals surface area contributed by atoms with Crippen LogP contribution in [-0.4, -0.2) is 42.3 Å². The topological polar surface area (TPSA) is 27.7 Å². The Morgan fingerprint density at radius 3 is 2.59 bits per heavy atom. The fraction of sp³-hybridized carbons (Fsp3) is 0.391. The monoisotopic (exact) mass is 415 g/mol. The van der Waals surface area contributed by atoms with Gasteiger partial charge in [-0.3, -0.25) is 4.90 Å². The van der Waals surface area contributed by atoms with Gasteiger partial charge in [0, 0.05) is 30.9 Å². The van der Waals surface area contributed by atoms with Crippen molar-refractivity contribution in [1.29, 1.82) is 0 Å². The molecule has 1 fully saturated rings. The number of ether oxygens (including phenoxy) is 1. The van der Waals surface area contributed by atoms with Crippen LogP contribution in [0.1, 0.15) is 23.6 Å². The molecule has 0 bridgehead atoms. The smallest absolute Gasteiger partial charge is 0.124 e. The van der Waals surface area contributed by atoms with Crippen molar-refractivity contribution in [3.8, 4) is 0 Å². The van der Waals surface area contributed by atoms with E-state index in [1.807, 2.05) is 5.01 Å². The Hall–Kier alpha value is -1.92. The van der Waals surface area contributed by atoms with E-state index >= 15 is 0 Å². The van der Waals surface area contributed by atoms with Crippen LogP contribution in [-0.2, 0) is 24.2 Å². The summed E-state index contributed by atoms with van der Waals surface area (Å²) in [5.74, 6) is -0.311. The lowest BCUT2D eigenvalue weighted by Crippen LogP contribution is -2.38. The van der Waals surface area contributed by atoms with Gasteiger partial charge in [-0.1, -0.05) is 41.9 Å². The maximum absolute atomic E-state index is 13.3. The number of hydrazine groups is 1. The highest BCUT2D eigenvalue weighted by atomic mass is 35.5. The largest absolute Gasteiger partial charge is 0.379 e. The molecule has 0 saturated carbocycles. The normalized spacial score (nSPS) is 20.2. The number of nitrogens with zero attached hydrogens (tertiary/aromatic N) is 2. The van der Waals surface area contributed by atoms with Gasteiger partial charge in [-0.2, -0.15) is 0 Å². The van der Waals surface area contributed by atoms with Crippen LogP contribution in [0.2, 0.25) is 5.02 Å². The fourth-order valence-electron chi connectivity index (χ4n) is 3.94. The maximum Gasteiger partial charge on any atom is 0.124 e. The summed E-state index contributed by atoms with van der Waals surface area (Å²) in [6.45, 7) is 7.31. The molecule has 2 aromatic carbocycles. The van der Waals surface area contributed by atoms with Gasteiger partial charge < -0.3 is 9.75 Å². The molecule has 0 radical (unpaired) electrons. The van der Waals surface area contributed by atoms with Crippen molar-refractivity contribution in [2.24, 2.45) is 0 Å². The average molecular weight is 416 g/mol. The van der Waals surface area contributed by atoms with Gasteiger partial charge in [0.2, 0.25) is 0 Å². The fourth-order valence-corrected chi connectivity index (χ4v) is 4.16. The van der Waals surface area contributed by atoms with Crippen LogP contribution in [0.3, 0.4) is 0 Å². The zero-order chi connectivity index (χ0) is 20.2. The first-order chi connectivity index (χ1) is 14.1. The number of benzene rings is 2. The summed E-state index contributed by atoms with van der Waals surface area (Å²) in [4.78, 5) is 2.45. The highest BCUT2D eigenvalue weighted by Crippen LogP contribution is 2.24. The van der Waals surface area contributed by atoms with E-state index in [-0.39, 0.29) is 11.9 Å². The molecule has 2 heterocycles. The molecule has 0 aromatic heterocycles. The molecular weight excluding hydrogens is 389 g/mol. The van der Waals surface area contributed by atoms with E-state index in [1.54, 1.807) is 6.07 Å². The summed E-state index contributed by atoms with van der Waals surface area (Å²) in [5.41, 5.74) is 8.49. The number of morpholine rings is 1. The zero-order valence-corrected chi connectivity index (χ0v) is 17.5. The van der Waals surface area contributed by atoms with Crippen LogP contribution in [0.25, 0.3) is 0 Å². The zero-order valence-electron chi connectivity index (χ0n) is 16.7. The van der Waals surface area contributed by atoms with Crippen molar-refractivity contribution in [2.75, 3.05) is 26.3 Å². The van der Waals surface area contributed by atoms with E-state index in [0.29, 0.717) is 11.6 Å². The molecule has 1 saturated heterocycles. The molecule has 4 rings (SSSR count). The van der Waals surface area contributed by atoms with Gasteiger partial charge in [0.25, 0.3) is 0 Å². The second-order valence-electron chi connectivity index (χ2n) is 7.78. The summed E-state index contributed by atoms with van der Waals surface area (Å²) in [6.07, 6.45) is 3.05. The molecule has 4 nitrogen and oxygen atoms in total. The van der Waals surface area contributed by atoms with Gasteiger partial charge in [-0.05, 0) is 47.7 Å². The van der Waals surface area contributed by atoms with Crippen LogP contribution in [0.5, 0.6) is 0 Å². The van der Waals surface area contributed by atoms with Crippen molar-refractivity contribution in [1.82, 2.24) is 15.3 Å². The van der Waals surface area contributed by atoms with Crippen LogP contribution < -0.4 is 5.43 Å². The first-order valence-corrected chi connectivity index (χ1v) is 10.5. The van der Waals surface area contributed by atoms with Crippen molar-refractivity contribution in [2.45, 2.75) is 32.5 Å². The van der Waals surface area contributed by atoms with Gasteiger partial charge in [-0.25, -0.2) is 9.82 Å². The summed E-state index contributed by atoms with van der Waals surface area (Å²) < 4.78 is 18.8. The third-order valence-electron chi connectivity index (χ3n) is 5.63.